The van der Waals surface area contributed by atoms with Gasteiger partial charge in [-0.1, -0.05) is 27.7 Å². The van der Waals surface area contributed by atoms with E-state index in [1.54, 1.807) is 0 Å². The number of hydrogen-bond donors (Lipinski definition) is 1. The summed E-state index contributed by atoms with van der Waals surface area (Å²) in [6, 6.07) is 0. The summed E-state index contributed by atoms with van der Waals surface area (Å²) in [6.45, 7) is 9.84. The van der Waals surface area contributed by atoms with Crippen molar-refractivity contribution < 1.29 is 14.3 Å². The monoisotopic (exact) mass is 292 g/mol. The molecular weight excluding hydrogens is 271 g/mol. The van der Waals surface area contributed by atoms with Crippen LogP contribution in [0.3, 0.4) is 0 Å². The molecule has 0 aromatic carbocycles. The number of fused-ring (bicyclic) bond motifs is 1. The van der Waals surface area contributed by atoms with Gasteiger partial charge in [0.05, 0.1) is 23.3 Å². The first kappa shape index (κ1) is 15.6. The van der Waals surface area contributed by atoms with E-state index in [1.807, 2.05) is 0 Å². The van der Waals surface area contributed by atoms with Crippen LogP contribution in [0.25, 0.3) is 5.57 Å². The van der Waals surface area contributed by atoms with Gasteiger partial charge in [0.2, 0.25) is 5.83 Å². The molecule has 114 valence electrons. The summed E-state index contributed by atoms with van der Waals surface area (Å²) in [5.74, 6) is -2.76. The molecule has 1 aromatic rings. The van der Waals surface area contributed by atoms with E-state index in [0.717, 1.165) is 24.2 Å². The Hall–Kier alpha value is -1.78. The largest absolute Gasteiger partial charge is 0.476 e. The maximum absolute atomic E-state index is 13.6. The van der Waals surface area contributed by atoms with Gasteiger partial charge in [0.25, 0.3) is 0 Å². The molecule has 0 unspecified atom stereocenters. The molecule has 0 saturated carbocycles. The second-order valence-electron chi connectivity index (χ2n) is 6.96. The fourth-order valence-corrected chi connectivity index (χ4v) is 2.67. The van der Waals surface area contributed by atoms with E-state index in [0.29, 0.717) is 5.69 Å². The number of hydrogen-bond acceptors (Lipinski definition) is 3. The Morgan fingerprint density at radius 2 is 1.71 bits per heavy atom. The summed E-state index contributed by atoms with van der Waals surface area (Å²) in [6.07, 6.45) is 3.45. The van der Waals surface area contributed by atoms with Gasteiger partial charge < -0.3 is 5.11 Å². The Labute approximate surface area is 124 Å². The highest BCUT2D eigenvalue weighted by molar-refractivity contribution is 5.92. The number of nitrogens with zero attached hydrogens (tertiary/aromatic N) is 2. The van der Waals surface area contributed by atoms with Crippen LogP contribution in [0.4, 0.5) is 4.39 Å². The number of aromatic nitrogens is 2. The number of carboxylic acid groups (broad SMARTS) is 1. The van der Waals surface area contributed by atoms with Crippen molar-refractivity contribution in [1.82, 2.24) is 9.97 Å². The number of carboxylic acids is 1. The van der Waals surface area contributed by atoms with Crippen LogP contribution in [0.1, 0.15) is 64.5 Å². The van der Waals surface area contributed by atoms with Gasteiger partial charge in [0, 0.05) is 16.4 Å². The van der Waals surface area contributed by atoms with E-state index in [2.05, 4.69) is 37.7 Å². The van der Waals surface area contributed by atoms with Crippen molar-refractivity contribution in [1.29, 1.82) is 0 Å². The lowest BCUT2D eigenvalue weighted by molar-refractivity contribution is -0.134. The van der Waals surface area contributed by atoms with Crippen LogP contribution in [0.15, 0.2) is 12.0 Å². The van der Waals surface area contributed by atoms with E-state index in [-0.39, 0.29) is 16.4 Å². The molecule has 0 atom stereocenters. The third-order valence-electron chi connectivity index (χ3n) is 4.33. The van der Waals surface area contributed by atoms with Crippen molar-refractivity contribution in [2.24, 2.45) is 0 Å². The summed E-state index contributed by atoms with van der Waals surface area (Å²) in [5.41, 5.74) is 1.85. The van der Waals surface area contributed by atoms with Crippen molar-refractivity contribution in [3.63, 3.8) is 0 Å². The Balaban J connectivity index is 2.62. The maximum Gasteiger partial charge on any atom is 0.365 e. The third-order valence-corrected chi connectivity index (χ3v) is 4.33. The van der Waals surface area contributed by atoms with Crippen molar-refractivity contribution >= 4 is 11.5 Å². The predicted octanol–water partition coefficient (Wildman–Crippen LogP) is 3.61. The molecule has 0 radical (unpaired) electrons. The van der Waals surface area contributed by atoms with Crippen molar-refractivity contribution in [2.45, 2.75) is 58.3 Å². The summed E-state index contributed by atoms with van der Waals surface area (Å²) >= 11 is 0. The van der Waals surface area contributed by atoms with E-state index >= 15 is 0 Å². The molecule has 0 amide bonds. The molecule has 1 aromatic heterocycles. The second-order valence-corrected chi connectivity index (χ2v) is 6.96. The standard InChI is InChI=1S/C16H21FN2O2/c1-9(11(17)14(20)21)10-8-18-12-13(19-10)16(4,5)7-6-15(12,2)3/h8H,6-7H2,1-5H3,(H,20,21)/b11-9+. The molecule has 0 saturated heterocycles. The van der Waals surface area contributed by atoms with Gasteiger partial charge in [-0.15, -0.1) is 0 Å². The summed E-state index contributed by atoms with van der Waals surface area (Å²) in [4.78, 5) is 19.8. The molecule has 1 heterocycles. The van der Waals surface area contributed by atoms with Crippen molar-refractivity contribution in [3.8, 4) is 0 Å². The van der Waals surface area contributed by atoms with Crippen LogP contribution >= 0.6 is 0 Å². The highest BCUT2D eigenvalue weighted by Crippen LogP contribution is 2.44. The Morgan fingerprint density at radius 1 is 1.19 bits per heavy atom. The zero-order chi connectivity index (χ0) is 16.0. The van der Waals surface area contributed by atoms with Crippen LogP contribution in [0.5, 0.6) is 0 Å². The quantitative estimate of drug-likeness (QED) is 0.846. The highest BCUT2D eigenvalue weighted by atomic mass is 19.1. The maximum atomic E-state index is 13.6. The fraction of sp³-hybridized carbons (Fsp3) is 0.562. The van der Waals surface area contributed by atoms with Gasteiger partial charge in [-0.3, -0.25) is 4.98 Å². The normalized spacial score (nSPS) is 20.5. The average molecular weight is 292 g/mol. The first-order valence-electron chi connectivity index (χ1n) is 7.04. The lowest BCUT2D eigenvalue weighted by Crippen LogP contribution is -2.36. The summed E-state index contributed by atoms with van der Waals surface area (Å²) < 4.78 is 13.6. The Morgan fingerprint density at radius 3 is 2.24 bits per heavy atom. The molecule has 5 heteroatoms. The lowest BCUT2D eigenvalue weighted by atomic mass is 9.67. The minimum atomic E-state index is -1.58. The smallest absolute Gasteiger partial charge is 0.365 e. The first-order valence-corrected chi connectivity index (χ1v) is 7.04. The number of carbonyl (C=O) groups is 1. The van der Waals surface area contributed by atoms with E-state index in [1.165, 1.54) is 13.1 Å². The van der Waals surface area contributed by atoms with Gasteiger partial charge in [-0.2, -0.15) is 4.39 Å². The molecule has 1 aliphatic rings. The van der Waals surface area contributed by atoms with E-state index in [4.69, 9.17) is 5.11 Å². The predicted molar refractivity (Wildman–Crippen MR) is 78.7 cm³/mol. The van der Waals surface area contributed by atoms with E-state index < -0.39 is 11.8 Å². The minimum Gasteiger partial charge on any atom is -0.476 e. The number of rotatable bonds is 2. The molecule has 0 aliphatic heterocycles. The number of halogens is 1. The van der Waals surface area contributed by atoms with Crippen molar-refractivity contribution in [3.05, 3.63) is 29.1 Å². The molecule has 4 nitrogen and oxygen atoms in total. The van der Waals surface area contributed by atoms with Gasteiger partial charge in [0.15, 0.2) is 0 Å². The zero-order valence-corrected chi connectivity index (χ0v) is 13.1. The average Bonchev–Trinajstić information content (AvgIpc) is 2.42. The lowest BCUT2D eigenvalue weighted by Gasteiger charge is -2.39. The molecule has 0 spiro atoms. The molecule has 1 aliphatic carbocycles. The zero-order valence-electron chi connectivity index (χ0n) is 13.1. The molecule has 21 heavy (non-hydrogen) atoms. The first-order chi connectivity index (χ1) is 9.56. The SMILES string of the molecule is C/C(=C(\F)C(=O)O)c1cnc2c(n1)C(C)(C)CCC2(C)C. The van der Waals surface area contributed by atoms with Gasteiger partial charge in [0.1, 0.15) is 0 Å². The molecule has 2 rings (SSSR count). The van der Waals surface area contributed by atoms with Crippen LogP contribution in [0, 0.1) is 0 Å². The molecule has 1 N–H and O–H groups in total. The molecule has 0 fully saturated rings. The summed E-state index contributed by atoms with van der Waals surface area (Å²) in [5, 5.41) is 8.76. The highest BCUT2D eigenvalue weighted by Gasteiger charge is 2.39. The second kappa shape index (κ2) is 4.90. The molecular formula is C16H21FN2O2. The van der Waals surface area contributed by atoms with Gasteiger partial charge >= 0.3 is 5.97 Å². The van der Waals surface area contributed by atoms with Crippen LogP contribution in [-0.4, -0.2) is 21.0 Å². The number of aliphatic carboxylic acids is 1. The molecule has 0 bridgehead atoms. The van der Waals surface area contributed by atoms with Gasteiger partial charge in [-0.25, -0.2) is 9.78 Å². The topological polar surface area (TPSA) is 63.1 Å². The third kappa shape index (κ3) is 2.69. The van der Waals surface area contributed by atoms with E-state index in [9.17, 15) is 9.18 Å². The Bertz CT molecular complexity index is 633. The van der Waals surface area contributed by atoms with Crippen LogP contribution in [-0.2, 0) is 15.6 Å². The van der Waals surface area contributed by atoms with Crippen LogP contribution < -0.4 is 0 Å². The summed E-state index contributed by atoms with van der Waals surface area (Å²) in [7, 11) is 0. The Kier molecular flexibility index (Phi) is 3.64. The number of allylic oxidation sites excluding steroid dienone is 1. The minimum absolute atomic E-state index is 0.0111. The van der Waals surface area contributed by atoms with Gasteiger partial charge in [-0.05, 0) is 19.8 Å². The fourth-order valence-electron chi connectivity index (χ4n) is 2.67. The van der Waals surface area contributed by atoms with Crippen LogP contribution in [0.2, 0.25) is 0 Å². The van der Waals surface area contributed by atoms with Crippen molar-refractivity contribution in [2.75, 3.05) is 0 Å².